The molecule has 0 radical (unpaired) electrons. The second-order valence-corrected chi connectivity index (χ2v) is 4.99. The van der Waals surface area contributed by atoms with Crippen LogP contribution in [0.15, 0.2) is 5.11 Å². The van der Waals surface area contributed by atoms with E-state index in [1.807, 2.05) is 4.90 Å². The molecule has 2 aliphatic heterocycles. The molecule has 0 aliphatic carbocycles. The molecule has 17 heavy (non-hydrogen) atoms. The smallest absolute Gasteiger partial charge is 0.222 e. The molecule has 0 aromatic carbocycles. The monoisotopic (exact) mass is 237 g/mol. The van der Waals surface area contributed by atoms with Gasteiger partial charge in [-0.15, -0.1) is 0 Å². The normalized spacial score (nSPS) is 29.2. The molecular formula is C11H19N5O. The van der Waals surface area contributed by atoms with Crippen LogP contribution >= 0.6 is 0 Å². The van der Waals surface area contributed by atoms with Crippen LogP contribution < -0.4 is 5.32 Å². The molecule has 6 nitrogen and oxygen atoms in total. The molecule has 0 bridgehead atoms. The number of rotatable bonds is 4. The molecule has 2 aliphatic rings. The molecule has 1 N–H and O–H groups in total. The Morgan fingerprint density at radius 1 is 1.53 bits per heavy atom. The number of piperidine rings is 1. The van der Waals surface area contributed by atoms with Crippen LogP contribution in [0.2, 0.25) is 0 Å². The first kappa shape index (κ1) is 12.2. The van der Waals surface area contributed by atoms with E-state index in [1.54, 1.807) is 0 Å². The van der Waals surface area contributed by atoms with Crippen molar-refractivity contribution in [1.29, 1.82) is 0 Å². The van der Waals surface area contributed by atoms with Crippen molar-refractivity contribution in [2.24, 2.45) is 17.0 Å². The van der Waals surface area contributed by atoms with Gasteiger partial charge in [-0.05, 0) is 43.3 Å². The fourth-order valence-electron chi connectivity index (χ4n) is 2.70. The number of azide groups is 1. The Morgan fingerprint density at radius 2 is 2.41 bits per heavy atom. The molecular weight excluding hydrogens is 218 g/mol. The Balaban J connectivity index is 1.80. The quantitative estimate of drug-likeness (QED) is 0.452. The van der Waals surface area contributed by atoms with Crippen LogP contribution in [0.5, 0.6) is 0 Å². The van der Waals surface area contributed by atoms with Crippen LogP contribution in [0, 0.1) is 11.8 Å². The minimum atomic E-state index is 0.216. The van der Waals surface area contributed by atoms with Crippen molar-refractivity contribution in [3.8, 4) is 0 Å². The zero-order chi connectivity index (χ0) is 12.1. The van der Waals surface area contributed by atoms with Gasteiger partial charge in [0.15, 0.2) is 0 Å². The molecule has 0 spiro atoms. The number of nitrogens with one attached hydrogen (secondary N) is 1. The maximum atomic E-state index is 11.8. The Bertz CT molecular complexity index is 320. The molecule has 2 rings (SSSR count). The van der Waals surface area contributed by atoms with Gasteiger partial charge < -0.3 is 10.2 Å². The highest BCUT2D eigenvalue weighted by Gasteiger charge is 2.30. The summed E-state index contributed by atoms with van der Waals surface area (Å²) < 4.78 is 0. The lowest BCUT2D eigenvalue weighted by Gasteiger charge is -2.27. The van der Waals surface area contributed by atoms with Crippen LogP contribution in [0.1, 0.15) is 19.3 Å². The van der Waals surface area contributed by atoms with Gasteiger partial charge in [-0.1, -0.05) is 5.11 Å². The fraction of sp³-hybridized carbons (Fsp3) is 0.909. The minimum absolute atomic E-state index is 0.216. The van der Waals surface area contributed by atoms with E-state index in [4.69, 9.17) is 5.53 Å². The van der Waals surface area contributed by atoms with E-state index in [0.29, 0.717) is 18.9 Å². The summed E-state index contributed by atoms with van der Waals surface area (Å²) in [6.07, 6.45) is 2.95. The first-order chi connectivity index (χ1) is 8.29. The predicted octanol–water partition coefficient (Wildman–Crippen LogP) is 1.14. The standard InChI is InChI=1S/C11H19N5O/c12-15-14-6-10-4-11(17)16(8-10)7-9-2-1-3-13-5-9/h9-10,13H,1-8H2. The van der Waals surface area contributed by atoms with E-state index >= 15 is 0 Å². The van der Waals surface area contributed by atoms with E-state index in [9.17, 15) is 4.79 Å². The van der Waals surface area contributed by atoms with Crippen molar-refractivity contribution in [2.45, 2.75) is 19.3 Å². The first-order valence-corrected chi connectivity index (χ1v) is 6.29. The number of hydrogen-bond donors (Lipinski definition) is 1. The van der Waals surface area contributed by atoms with Crippen molar-refractivity contribution < 1.29 is 4.79 Å². The van der Waals surface area contributed by atoms with E-state index < -0.39 is 0 Å². The second-order valence-electron chi connectivity index (χ2n) is 4.99. The van der Waals surface area contributed by atoms with Crippen molar-refractivity contribution in [2.75, 3.05) is 32.7 Å². The van der Waals surface area contributed by atoms with Crippen molar-refractivity contribution in [3.05, 3.63) is 10.4 Å². The van der Waals surface area contributed by atoms with E-state index in [2.05, 4.69) is 15.3 Å². The van der Waals surface area contributed by atoms with Crippen molar-refractivity contribution in [3.63, 3.8) is 0 Å². The third kappa shape index (κ3) is 3.35. The lowest BCUT2D eigenvalue weighted by Crippen LogP contribution is -2.39. The van der Waals surface area contributed by atoms with Crippen LogP contribution in [0.3, 0.4) is 0 Å². The zero-order valence-corrected chi connectivity index (χ0v) is 10.0. The third-order valence-corrected chi connectivity index (χ3v) is 3.58. The number of amides is 1. The van der Waals surface area contributed by atoms with Crippen LogP contribution in [-0.2, 0) is 4.79 Å². The summed E-state index contributed by atoms with van der Waals surface area (Å²) in [5.41, 5.74) is 8.27. The SMILES string of the molecule is [N-]=[N+]=NCC1CC(=O)N(CC2CCCNC2)C1. The third-order valence-electron chi connectivity index (χ3n) is 3.58. The van der Waals surface area contributed by atoms with Crippen LogP contribution in [-0.4, -0.2) is 43.5 Å². The maximum Gasteiger partial charge on any atom is 0.222 e. The van der Waals surface area contributed by atoms with Gasteiger partial charge in [0.1, 0.15) is 0 Å². The summed E-state index contributed by atoms with van der Waals surface area (Å²) in [6, 6.07) is 0. The van der Waals surface area contributed by atoms with Gasteiger partial charge >= 0.3 is 0 Å². The van der Waals surface area contributed by atoms with Crippen molar-refractivity contribution >= 4 is 5.91 Å². The maximum absolute atomic E-state index is 11.8. The number of hydrogen-bond acceptors (Lipinski definition) is 3. The summed E-state index contributed by atoms with van der Waals surface area (Å²) in [6.45, 7) is 4.18. The van der Waals surface area contributed by atoms with E-state index in [-0.39, 0.29) is 11.8 Å². The molecule has 0 aromatic rings. The van der Waals surface area contributed by atoms with Crippen LogP contribution in [0.25, 0.3) is 10.4 Å². The van der Waals surface area contributed by atoms with E-state index in [0.717, 1.165) is 26.2 Å². The average Bonchev–Trinajstić information content (AvgIpc) is 2.69. The summed E-state index contributed by atoms with van der Waals surface area (Å²) in [7, 11) is 0. The number of carbonyl (C=O) groups excluding carboxylic acids is 1. The molecule has 2 unspecified atom stereocenters. The lowest BCUT2D eigenvalue weighted by atomic mass is 9.99. The number of likely N-dealkylation sites (tertiary alicyclic amines) is 1. The zero-order valence-electron chi connectivity index (χ0n) is 10.0. The van der Waals surface area contributed by atoms with Gasteiger partial charge in [-0.3, -0.25) is 4.79 Å². The molecule has 1 amide bonds. The predicted molar refractivity (Wildman–Crippen MR) is 64.3 cm³/mol. The fourth-order valence-corrected chi connectivity index (χ4v) is 2.70. The highest BCUT2D eigenvalue weighted by atomic mass is 16.2. The number of nitrogens with zero attached hydrogens (tertiary/aromatic N) is 4. The first-order valence-electron chi connectivity index (χ1n) is 6.29. The lowest BCUT2D eigenvalue weighted by molar-refractivity contribution is -0.128. The highest BCUT2D eigenvalue weighted by Crippen LogP contribution is 2.21. The Kier molecular flexibility index (Phi) is 4.23. The second kappa shape index (κ2) is 5.89. The summed E-state index contributed by atoms with van der Waals surface area (Å²) >= 11 is 0. The summed E-state index contributed by atoms with van der Waals surface area (Å²) in [5.74, 6) is 1.02. The Labute approximate surface area is 101 Å². The highest BCUT2D eigenvalue weighted by molar-refractivity contribution is 5.78. The Hall–Kier alpha value is -1.26. The van der Waals surface area contributed by atoms with Crippen LogP contribution in [0.4, 0.5) is 0 Å². The summed E-state index contributed by atoms with van der Waals surface area (Å²) in [4.78, 5) is 16.5. The molecule has 94 valence electrons. The molecule has 2 heterocycles. The molecule has 2 atom stereocenters. The van der Waals surface area contributed by atoms with Gasteiger partial charge in [0, 0.05) is 31.0 Å². The summed E-state index contributed by atoms with van der Waals surface area (Å²) in [5, 5.41) is 6.92. The topological polar surface area (TPSA) is 81.1 Å². The van der Waals surface area contributed by atoms with Gasteiger partial charge in [0.2, 0.25) is 5.91 Å². The Morgan fingerprint density at radius 3 is 3.12 bits per heavy atom. The average molecular weight is 237 g/mol. The molecule has 0 aromatic heterocycles. The van der Waals surface area contributed by atoms with Gasteiger partial charge in [-0.2, -0.15) is 0 Å². The van der Waals surface area contributed by atoms with E-state index in [1.165, 1.54) is 12.8 Å². The van der Waals surface area contributed by atoms with Gasteiger partial charge in [-0.25, -0.2) is 0 Å². The molecule has 6 heteroatoms. The largest absolute Gasteiger partial charge is 0.342 e. The molecule has 0 saturated carbocycles. The molecule has 2 fully saturated rings. The number of carbonyl (C=O) groups is 1. The minimum Gasteiger partial charge on any atom is -0.342 e. The van der Waals surface area contributed by atoms with Crippen molar-refractivity contribution in [1.82, 2.24) is 10.2 Å². The molecule has 2 saturated heterocycles. The van der Waals surface area contributed by atoms with Gasteiger partial charge in [0.05, 0.1) is 0 Å². The van der Waals surface area contributed by atoms with Gasteiger partial charge in [0.25, 0.3) is 0 Å².